The highest BCUT2D eigenvalue weighted by Gasteiger charge is 2.35. The van der Waals surface area contributed by atoms with Gasteiger partial charge in [-0.05, 0) is 6.92 Å². The van der Waals surface area contributed by atoms with Crippen LogP contribution in [0.3, 0.4) is 0 Å². The number of nitrogens with one attached hydrogen (secondary N) is 1. The summed E-state index contributed by atoms with van der Waals surface area (Å²) >= 11 is 0. The number of methoxy groups -OCH3 is 1. The van der Waals surface area contributed by atoms with Crippen LogP contribution in [0.4, 0.5) is 4.79 Å². The van der Waals surface area contributed by atoms with E-state index < -0.39 is 36.1 Å². The number of esters is 1. The van der Waals surface area contributed by atoms with Crippen LogP contribution < -0.4 is 5.32 Å². The predicted octanol–water partition coefficient (Wildman–Crippen LogP) is -0.884. The zero-order chi connectivity index (χ0) is 13.0. The molecule has 0 saturated carbocycles. The molecular weight excluding hydrogens is 234 g/mol. The molecule has 1 aliphatic heterocycles. The van der Waals surface area contributed by atoms with Crippen molar-refractivity contribution in [2.24, 2.45) is 0 Å². The fourth-order valence-corrected chi connectivity index (χ4v) is 1.13. The maximum atomic E-state index is 11.1. The summed E-state index contributed by atoms with van der Waals surface area (Å²) in [6.45, 7) is 1.28. The summed E-state index contributed by atoms with van der Waals surface area (Å²) in [5.41, 5.74) is 0. The van der Waals surface area contributed by atoms with Crippen LogP contribution in [0.15, 0.2) is 0 Å². The van der Waals surface area contributed by atoms with Gasteiger partial charge in [-0.2, -0.15) is 0 Å². The third-order valence-electron chi connectivity index (χ3n) is 1.97. The van der Waals surface area contributed by atoms with Crippen molar-refractivity contribution in [2.75, 3.05) is 7.11 Å². The molecule has 0 aromatic rings. The molecule has 8 heteroatoms. The zero-order valence-corrected chi connectivity index (χ0v) is 9.22. The Morgan fingerprint density at radius 3 is 2.53 bits per heavy atom. The first-order valence-electron chi connectivity index (χ1n) is 4.73. The second kappa shape index (κ2) is 5.28. The molecule has 1 saturated heterocycles. The molecule has 0 aliphatic carbocycles. The van der Waals surface area contributed by atoms with Crippen molar-refractivity contribution in [1.82, 2.24) is 5.32 Å². The van der Waals surface area contributed by atoms with E-state index in [-0.39, 0.29) is 6.42 Å². The van der Waals surface area contributed by atoms with Crippen molar-refractivity contribution in [3.05, 3.63) is 0 Å². The lowest BCUT2D eigenvalue weighted by atomic mass is 10.3. The minimum atomic E-state index is -1.21. The summed E-state index contributed by atoms with van der Waals surface area (Å²) in [6, 6.07) is 0. The molecule has 0 bridgehead atoms. The molecule has 17 heavy (non-hydrogen) atoms. The van der Waals surface area contributed by atoms with Gasteiger partial charge in [0.05, 0.1) is 13.5 Å². The second-order valence-electron chi connectivity index (χ2n) is 3.26. The molecular formula is C9H11NO7. The van der Waals surface area contributed by atoms with E-state index in [1.165, 1.54) is 6.92 Å². The molecule has 2 amide bonds. The van der Waals surface area contributed by atoms with Gasteiger partial charge in [-0.3, -0.25) is 14.9 Å². The zero-order valence-electron chi connectivity index (χ0n) is 9.22. The lowest BCUT2D eigenvalue weighted by Crippen LogP contribution is -2.31. The molecule has 0 aromatic heterocycles. The summed E-state index contributed by atoms with van der Waals surface area (Å²) in [6.07, 6.45) is -3.81. The second-order valence-corrected chi connectivity index (χ2v) is 3.26. The Hall–Kier alpha value is -2.12. The number of imide groups is 1. The number of ether oxygens (including phenoxy) is 3. The first kappa shape index (κ1) is 12.9. The number of amides is 2. The summed E-state index contributed by atoms with van der Waals surface area (Å²) < 4.78 is 13.4. The summed E-state index contributed by atoms with van der Waals surface area (Å²) in [7, 11) is 1.14. The average molecular weight is 245 g/mol. The molecule has 2 atom stereocenters. The van der Waals surface area contributed by atoms with Gasteiger partial charge >= 0.3 is 12.1 Å². The van der Waals surface area contributed by atoms with Gasteiger partial charge in [0.15, 0.2) is 12.2 Å². The average Bonchev–Trinajstić information content (AvgIpc) is 2.55. The minimum absolute atomic E-state index is 0.249. The highest BCUT2D eigenvalue weighted by Crippen LogP contribution is 2.08. The van der Waals surface area contributed by atoms with Gasteiger partial charge in [-0.15, -0.1) is 0 Å². The Balaban J connectivity index is 2.42. The predicted molar refractivity (Wildman–Crippen MR) is 50.6 cm³/mol. The number of hydrogen-bond donors (Lipinski definition) is 1. The van der Waals surface area contributed by atoms with E-state index in [0.29, 0.717) is 0 Å². The highest BCUT2D eigenvalue weighted by molar-refractivity contribution is 6.05. The van der Waals surface area contributed by atoms with E-state index in [1.54, 1.807) is 0 Å². The Morgan fingerprint density at radius 1 is 1.41 bits per heavy atom. The maximum absolute atomic E-state index is 11.1. The van der Waals surface area contributed by atoms with Gasteiger partial charge in [0.25, 0.3) is 5.91 Å². The van der Waals surface area contributed by atoms with Gasteiger partial charge in [0.1, 0.15) is 0 Å². The molecule has 1 aliphatic rings. The summed E-state index contributed by atoms with van der Waals surface area (Å²) in [5, 5.41) is 1.96. The van der Waals surface area contributed by atoms with Gasteiger partial charge in [-0.25, -0.2) is 9.59 Å². The summed E-state index contributed by atoms with van der Waals surface area (Å²) in [4.78, 5) is 43.9. The van der Waals surface area contributed by atoms with E-state index in [1.807, 2.05) is 5.32 Å². The normalized spacial score (nSPS) is 20.5. The van der Waals surface area contributed by atoms with E-state index >= 15 is 0 Å². The highest BCUT2D eigenvalue weighted by atomic mass is 16.7. The SMILES string of the molecule is COC(=O)C(C)OC(=O)O[C@H]1CC(=O)NC1=O. The minimum Gasteiger partial charge on any atom is -0.466 e. The molecule has 8 nitrogen and oxygen atoms in total. The molecule has 0 spiro atoms. The van der Waals surface area contributed by atoms with E-state index in [4.69, 9.17) is 0 Å². The standard InChI is InChI=1S/C9H11NO7/c1-4(8(13)15-2)16-9(14)17-5-3-6(11)10-7(5)12/h4-5H,3H2,1-2H3,(H,10,11,12)/t4?,5-/m0/s1. The van der Waals surface area contributed by atoms with Crippen molar-refractivity contribution >= 4 is 23.9 Å². The maximum Gasteiger partial charge on any atom is 0.509 e. The quantitative estimate of drug-likeness (QED) is 0.507. The fraction of sp³-hybridized carbons (Fsp3) is 0.556. The van der Waals surface area contributed by atoms with Crippen LogP contribution in [-0.2, 0) is 28.6 Å². The Labute approximate surface area is 96.2 Å². The third-order valence-corrected chi connectivity index (χ3v) is 1.97. The van der Waals surface area contributed by atoms with E-state index in [0.717, 1.165) is 7.11 Å². The van der Waals surface area contributed by atoms with Crippen LogP contribution in [0, 0.1) is 0 Å². The van der Waals surface area contributed by atoms with Crippen molar-refractivity contribution in [2.45, 2.75) is 25.6 Å². The van der Waals surface area contributed by atoms with Gasteiger partial charge < -0.3 is 14.2 Å². The third kappa shape index (κ3) is 3.44. The van der Waals surface area contributed by atoms with Crippen molar-refractivity contribution in [3.8, 4) is 0 Å². The first-order valence-corrected chi connectivity index (χ1v) is 4.73. The van der Waals surface area contributed by atoms with E-state index in [2.05, 4.69) is 14.2 Å². The Bertz CT molecular complexity index is 364. The monoisotopic (exact) mass is 245 g/mol. The number of hydrogen-bond acceptors (Lipinski definition) is 7. The van der Waals surface area contributed by atoms with Crippen LogP contribution in [0.25, 0.3) is 0 Å². The molecule has 1 unspecified atom stereocenters. The van der Waals surface area contributed by atoms with Crippen LogP contribution in [0.2, 0.25) is 0 Å². The van der Waals surface area contributed by atoms with Crippen LogP contribution in [-0.4, -0.2) is 43.3 Å². The van der Waals surface area contributed by atoms with Crippen molar-refractivity contribution in [1.29, 1.82) is 0 Å². The molecule has 94 valence electrons. The largest absolute Gasteiger partial charge is 0.509 e. The summed E-state index contributed by atoms with van der Waals surface area (Å²) in [5.74, 6) is -2.00. The van der Waals surface area contributed by atoms with Crippen LogP contribution in [0.1, 0.15) is 13.3 Å². The lowest BCUT2D eigenvalue weighted by molar-refractivity contribution is -0.151. The molecule has 1 rings (SSSR count). The molecule has 1 heterocycles. The van der Waals surface area contributed by atoms with Crippen molar-refractivity contribution < 1.29 is 33.4 Å². The van der Waals surface area contributed by atoms with Crippen molar-refractivity contribution in [3.63, 3.8) is 0 Å². The van der Waals surface area contributed by atoms with Gasteiger partial charge in [0, 0.05) is 0 Å². The molecule has 1 N–H and O–H groups in total. The van der Waals surface area contributed by atoms with Crippen LogP contribution in [0.5, 0.6) is 0 Å². The first-order chi connectivity index (χ1) is 7.93. The fourth-order valence-electron chi connectivity index (χ4n) is 1.13. The topological polar surface area (TPSA) is 108 Å². The van der Waals surface area contributed by atoms with Crippen LogP contribution >= 0.6 is 0 Å². The lowest BCUT2D eigenvalue weighted by Gasteiger charge is -2.12. The van der Waals surface area contributed by atoms with E-state index in [9.17, 15) is 19.2 Å². The number of rotatable bonds is 3. The number of carbonyl (C=O) groups is 4. The number of carbonyl (C=O) groups excluding carboxylic acids is 4. The molecule has 0 radical (unpaired) electrons. The molecule has 1 fully saturated rings. The Morgan fingerprint density at radius 2 is 2.06 bits per heavy atom. The Kier molecular flexibility index (Phi) is 4.02. The molecule has 0 aromatic carbocycles. The smallest absolute Gasteiger partial charge is 0.466 e. The van der Waals surface area contributed by atoms with Gasteiger partial charge in [-0.1, -0.05) is 0 Å². The van der Waals surface area contributed by atoms with Gasteiger partial charge in [0.2, 0.25) is 5.91 Å².